The maximum atomic E-state index is 12.1. The zero-order chi connectivity index (χ0) is 17.5. The van der Waals surface area contributed by atoms with Crippen LogP contribution in [0.2, 0.25) is 0 Å². The van der Waals surface area contributed by atoms with Crippen molar-refractivity contribution in [3.8, 4) is 10.6 Å². The smallest absolute Gasteiger partial charge is 0.226 e. The quantitative estimate of drug-likeness (QED) is 0.768. The van der Waals surface area contributed by atoms with Crippen molar-refractivity contribution in [3.63, 3.8) is 0 Å². The minimum Gasteiger partial charge on any atom is -0.356 e. The van der Waals surface area contributed by atoms with E-state index in [0.29, 0.717) is 12.5 Å². The molecule has 2 aromatic rings. The second-order valence-corrected chi connectivity index (χ2v) is 7.63. The first-order valence-corrected chi connectivity index (χ1v) is 10.1. The molecular formula is C20H27N3OS. The van der Waals surface area contributed by atoms with E-state index in [-0.39, 0.29) is 5.91 Å². The summed E-state index contributed by atoms with van der Waals surface area (Å²) in [5.74, 6) is 0.0663. The van der Waals surface area contributed by atoms with Gasteiger partial charge < -0.3 is 10.2 Å². The van der Waals surface area contributed by atoms with Gasteiger partial charge in [-0.3, -0.25) is 4.79 Å². The Balaban J connectivity index is 1.39. The Morgan fingerprint density at radius 3 is 2.96 bits per heavy atom. The molecule has 0 aliphatic carbocycles. The van der Waals surface area contributed by atoms with Crippen LogP contribution in [0.5, 0.6) is 0 Å². The number of amides is 1. The van der Waals surface area contributed by atoms with E-state index in [1.165, 1.54) is 25.8 Å². The Kier molecular flexibility index (Phi) is 6.59. The fraction of sp³-hybridized carbons (Fsp3) is 0.500. The standard InChI is InChI=1S/C20H27N3OS/c1-16-8-5-6-12-23(16)13-7-11-21-19(24)14-18-15-25-20(22-18)17-9-3-2-4-10-17/h2-4,9-10,15-16H,5-8,11-14H2,1H3,(H,21,24)/t16-/m0/s1. The Bertz CT molecular complexity index is 671. The predicted octanol–water partition coefficient (Wildman–Crippen LogP) is 3.73. The molecule has 1 atom stereocenters. The van der Waals surface area contributed by atoms with Gasteiger partial charge in [-0.25, -0.2) is 4.98 Å². The summed E-state index contributed by atoms with van der Waals surface area (Å²) in [6.07, 6.45) is 5.35. The predicted molar refractivity (Wildman–Crippen MR) is 104 cm³/mol. The first kappa shape index (κ1) is 18.1. The number of carbonyl (C=O) groups is 1. The van der Waals surface area contributed by atoms with Crippen LogP contribution >= 0.6 is 11.3 Å². The average molecular weight is 358 g/mol. The molecule has 5 heteroatoms. The van der Waals surface area contributed by atoms with Crippen LogP contribution in [0.25, 0.3) is 10.6 Å². The number of rotatable bonds is 7. The van der Waals surface area contributed by atoms with E-state index in [1.807, 2.05) is 35.7 Å². The second kappa shape index (κ2) is 9.11. The monoisotopic (exact) mass is 357 g/mol. The number of nitrogens with one attached hydrogen (secondary N) is 1. The Labute approximate surface area is 154 Å². The van der Waals surface area contributed by atoms with Gasteiger partial charge in [0.25, 0.3) is 0 Å². The van der Waals surface area contributed by atoms with E-state index in [1.54, 1.807) is 11.3 Å². The fourth-order valence-corrected chi connectivity index (χ4v) is 4.15. The Morgan fingerprint density at radius 2 is 2.16 bits per heavy atom. The molecule has 0 spiro atoms. The fourth-order valence-electron chi connectivity index (χ4n) is 3.33. The molecule has 3 rings (SSSR count). The lowest BCUT2D eigenvalue weighted by molar-refractivity contribution is -0.120. The molecule has 1 saturated heterocycles. The van der Waals surface area contributed by atoms with Crippen molar-refractivity contribution >= 4 is 17.2 Å². The van der Waals surface area contributed by atoms with Gasteiger partial charge in [0, 0.05) is 30.1 Å². The van der Waals surface area contributed by atoms with Crippen LogP contribution in [-0.4, -0.2) is 41.5 Å². The summed E-state index contributed by atoms with van der Waals surface area (Å²) in [5, 5.41) is 5.99. The molecule has 1 aromatic heterocycles. The number of benzene rings is 1. The normalized spacial score (nSPS) is 18.2. The van der Waals surface area contributed by atoms with Gasteiger partial charge in [-0.15, -0.1) is 11.3 Å². The lowest BCUT2D eigenvalue weighted by Gasteiger charge is -2.33. The molecule has 25 heavy (non-hydrogen) atoms. The van der Waals surface area contributed by atoms with E-state index in [4.69, 9.17) is 0 Å². The number of hydrogen-bond acceptors (Lipinski definition) is 4. The highest BCUT2D eigenvalue weighted by Crippen LogP contribution is 2.23. The number of nitrogens with zero attached hydrogens (tertiary/aromatic N) is 2. The molecule has 0 saturated carbocycles. The lowest BCUT2D eigenvalue weighted by Crippen LogP contribution is -2.39. The van der Waals surface area contributed by atoms with Gasteiger partial charge in [0.2, 0.25) is 5.91 Å². The third kappa shape index (κ3) is 5.38. The van der Waals surface area contributed by atoms with Gasteiger partial charge in [-0.1, -0.05) is 36.8 Å². The van der Waals surface area contributed by atoms with Crippen LogP contribution in [0.15, 0.2) is 35.7 Å². The molecule has 0 unspecified atom stereocenters. The van der Waals surface area contributed by atoms with Crippen molar-refractivity contribution in [3.05, 3.63) is 41.4 Å². The topological polar surface area (TPSA) is 45.2 Å². The minimum absolute atomic E-state index is 0.0663. The van der Waals surface area contributed by atoms with Gasteiger partial charge in [0.1, 0.15) is 5.01 Å². The first-order chi connectivity index (χ1) is 12.2. The molecule has 1 N–H and O–H groups in total. The Morgan fingerprint density at radius 1 is 1.32 bits per heavy atom. The van der Waals surface area contributed by atoms with Gasteiger partial charge in [-0.05, 0) is 32.7 Å². The van der Waals surface area contributed by atoms with Crippen LogP contribution in [0.4, 0.5) is 0 Å². The molecule has 134 valence electrons. The van der Waals surface area contributed by atoms with Crippen molar-refractivity contribution in [2.75, 3.05) is 19.6 Å². The molecule has 0 bridgehead atoms. The van der Waals surface area contributed by atoms with E-state index in [0.717, 1.165) is 35.8 Å². The molecule has 1 aromatic carbocycles. The van der Waals surface area contributed by atoms with Gasteiger partial charge in [-0.2, -0.15) is 0 Å². The van der Waals surface area contributed by atoms with Gasteiger partial charge in [0.05, 0.1) is 12.1 Å². The van der Waals surface area contributed by atoms with Crippen LogP contribution < -0.4 is 5.32 Å². The molecule has 4 nitrogen and oxygen atoms in total. The highest BCUT2D eigenvalue weighted by molar-refractivity contribution is 7.13. The third-order valence-corrected chi connectivity index (χ3v) is 5.74. The number of likely N-dealkylation sites (tertiary alicyclic amines) is 1. The summed E-state index contributed by atoms with van der Waals surface area (Å²) >= 11 is 1.59. The zero-order valence-corrected chi connectivity index (χ0v) is 15.7. The van der Waals surface area contributed by atoms with Gasteiger partial charge in [0.15, 0.2) is 0 Å². The highest BCUT2D eigenvalue weighted by Gasteiger charge is 2.17. The number of hydrogen-bond donors (Lipinski definition) is 1. The van der Waals surface area contributed by atoms with Crippen molar-refractivity contribution in [2.24, 2.45) is 0 Å². The SMILES string of the molecule is C[C@H]1CCCCN1CCCNC(=O)Cc1csc(-c2ccccc2)n1. The summed E-state index contributed by atoms with van der Waals surface area (Å²) in [6.45, 7) is 5.34. The molecular weight excluding hydrogens is 330 g/mol. The van der Waals surface area contributed by atoms with E-state index in [2.05, 4.69) is 22.1 Å². The average Bonchev–Trinajstić information content (AvgIpc) is 3.09. The number of aromatic nitrogens is 1. The molecule has 2 heterocycles. The summed E-state index contributed by atoms with van der Waals surface area (Å²) in [5.41, 5.74) is 1.96. The maximum Gasteiger partial charge on any atom is 0.226 e. The van der Waals surface area contributed by atoms with Crippen molar-refractivity contribution in [1.29, 1.82) is 0 Å². The number of piperidine rings is 1. The largest absolute Gasteiger partial charge is 0.356 e. The summed E-state index contributed by atoms with van der Waals surface area (Å²) in [6, 6.07) is 10.8. The van der Waals surface area contributed by atoms with Crippen LogP contribution in [0.1, 0.15) is 38.3 Å². The zero-order valence-electron chi connectivity index (χ0n) is 14.9. The maximum absolute atomic E-state index is 12.1. The van der Waals surface area contributed by atoms with E-state index in [9.17, 15) is 4.79 Å². The summed E-state index contributed by atoms with van der Waals surface area (Å²) < 4.78 is 0. The summed E-state index contributed by atoms with van der Waals surface area (Å²) in [4.78, 5) is 19.2. The van der Waals surface area contributed by atoms with Gasteiger partial charge >= 0.3 is 0 Å². The summed E-state index contributed by atoms with van der Waals surface area (Å²) in [7, 11) is 0. The van der Waals surface area contributed by atoms with Crippen LogP contribution in [0, 0.1) is 0 Å². The number of thiazole rings is 1. The third-order valence-electron chi connectivity index (χ3n) is 4.80. The molecule has 1 aliphatic rings. The molecule has 0 radical (unpaired) electrons. The van der Waals surface area contributed by atoms with Crippen molar-refractivity contribution in [1.82, 2.24) is 15.2 Å². The highest BCUT2D eigenvalue weighted by atomic mass is 32.1. The van der Waals surface area contributed by atoms with Crippen LogP contribution in [0.3, 0.4) is 0 Å². The van der Waals surface area contributed by atoms with E-state index >= 15 is 0 Å². The van der Waals surface area contributed by atoms with Crippen molar-refractivity contribution < 1.29 is 4.79 Å². The van der Waals surface area contributed by atoms with Crippen molar-refractivity contribution in [2.45, 2.75) is 45.1 Å². The molecule has 1 amide bonds. The van der Waals surface area contributed by atoms with E-state index < -0.39 is 0 Å². The molecule has 1 fully saturated rings. The number of carbonyl (C=O) groups excluding carboxylic acids is 1. The second-order valence-electron chi connectivity index (χ2n) is 6.77. The first-order valence-electron chi connectivity index (χ1n) is 9.23. The van der Waals surface area contributed by atoms with Crippen LogP contribution in [-0.2, 0) is 11.2 Å². The molecule has 1 aliphatic heterocycles. The Hall–Kier alpha value is -1.72. The lowest BCUT2D eigenvalue weighted by atomic mass is 10.0. The minimum atomic E-state index is 0.0663.